The normalized spacial score (nSPS) is 14.7. The third-order valence-corrected chi connectivity index (χ3v) is 7.03. The molecule has 2 amide bonds. The molecule has 3 aromatic carbocycles. The molecule has 0 aliphatic carbocycles. The Morgan fingerprint density at radius 3 is 2.50 bits per heavy atom. The van der Waals surface area contributed by atoms with Crippen LogP contribution >= 0.6 is 46.0 Å². The number of carbonyl (C=O) groups is 2. The molecule has 0 unspecified atom stereocenters. The molecular weight excluding hydrogens is 585 g/mol. The van der Waals surface area contributed by atoms with Gasteiger partial charge in [0.2, 0.25) is 0 Å². The number of hydrogen-bond donors (Lipinski definition) is 0. The molecule has 5 nitrogen and oxygen atoms in total. The van der Waals surface area contributed by atoms with Crippen LogP contribution in [0.5, 0.6) is 11.5 Å². The van der Waals surface area contributed by atoms with Crippen molar-refractivity contribution in [1.82, 2.24) is 4.90 Å². The fourth-order valence-corrected chi connectivity index (χ4v) is 4.72. The van der Waals surface area contributed by atoms with Gasteiger partial charge >= 0.3 is 0 Å². The van der Waals surface area contributed by atoms with Crippen LogP contribution in [-0.4, -0.2) is 22.7 Å². The molecule has 4 rings (SSSR count). The second-order valence-electron chi connectivity index (χ2n) is 7.41. The molecule has 174 valence electrons. The van der Waals surface area contributed by atoms with Crippen molar-refractivity contribution in [2.45, 2.75) is 20.1 Å². The molecule has 1 aliphatic heterocycles. The zero-order chi connectivity index (χ0) is 24.1. The maximum atomic E-state index is 12.9. The van der Waals surface area contributed by atoms with Gasteiger partial charge < -0.3 is 9.47 Å². The molecule has 3 aromatic rings. The van der Waals surface area contributed by atoms with Crippen LogP contribution in [0.3, 0.4) is 0 Å². The lowest BCUT2D eigenvalue weighted by molar-refractivity contribution is -0.123. The Labute approximate surface area is 221 Å². The van der Waals surface area contributed by atoms with Crippen LogP contribution in [0.4, 0.5) is 4.79 Å². The summed E-state index contributed by atoms with van der Waals surface area (Å²) in [5, 5.41) is 0.359. The van der Waals surface area contributed by atoms with Gasteiger partial charge in [0.05, 0.1) is 18.1 Å². The molecule has 8 heteroatoms. The number of halogens is 2. The Hall–Kier alpha value is -2.49. The fraction of sp³-hybridized carbons (Fsp3) is 0.154. The van der Waals surface area contributed by atoms with Crippen molar-refractivity contribution in [3.05, 3.63) is 96.9 Å². The number of imide groups is 1. The molecule has 0 radical (unpaired) electrons. The highest BCUT2D eigenvalue weighted by atomic mass is 127. The van der Waals surface area contributed by atoms with Crippen LogP contribution in [-0.2, 0) is 17.9 Å². The van der Waals surface area contributed by atoms with Crippen molar-refractivity contribution in [1.29, 1.82) is 0 Å². The molecule has 1 fully saturated rings. The van der Waals surface area contributed by atoms with Gasteiger partial charge in [-0.15, -0.1) is 0 Å². The van der Waals surface area contributed by atoms with Gasteiger partial charge in [0.1, 0.15) is 6.61 Å². The predicted molar refractivity (Wildman–Crippen MR) is 144 cm³/mol. The topological polar surface area (TPSA) is 55.8 Å². The second kappa shape index (κ2) is 11.3. The minimum absolute atomic E-state index is 0.248. The molecule has 0 spiro atoms. The first kappa shape index (κ1) is 24.6. The lowest BCUT2D eigenvalue weighted by atomic mass is 10.1. The maximum Gasteiger partial charge on any atom is 0.293 e. The summed E-state index contributed by atoms with van der Waals surface area (Å²) in [6, 6.07) is 20.7. The molecule has 0 bridgehead atoms. The first-order valence-corrected chi connectivity index (χ1v) is 12.8. The highest BCUT2D eigenvalue weighted by molar-refractivity contribution is 14.1. The number of hydrogen-bond acceptors (Lipinski definition) is 5. The van der Waals surface area contributed by atoms with Gasteiger partial charge in [-0.1, -0.05) is 48.0 Å². The molecule has 0 saturated carbocycles. The zero-order valence-corrected chi connectivity index (χ0v) is 22.0. The van der Waals surface area contributed by atoms with E-state index < -0.39 is 0 Å². The highest BCUT2D eigenvalue weighted by Gasteiger charge is 2.35. The number of benzene rings is 3. The predicted octanol–water partition coefficient (Wildman–Crippen LogP) is 7.16. The first-order valence-electron chi connectivity index (χ1n) is 10.6. The van der Waals surface area contributed by atoms with Crippen molar-refractivity contribution in [2.75, 3.05) is 6.61 Å². The van der Waals surface area contributed by atoms with Gasteiger partial charge in [-0.05, 0) is 88.8 Å². The minimum Gasteiger partial charge on any atom is -0.490 e. The average Bonchev–Trinajstić information content (AvgIpc) is 3.08. The third-order valence-electron chi connectivity index (χ3n) is 5.03. The standard InChI is InChI=1S/C26H21ClINO4S/c1-2-32-23-13-18(9-12-22(23)33-16-19-5-3-4-6-21(19)27)14-24-25(30)29(26(31)34-24)15-17-7-10-20(28)11-8-17/h3-14H,2,15-16H2,1H3/b24-14-. The Bertz CT molecular complexity index is 1250. The van der Waals surface area contributed by atoms with Crippen molar-refractivity contribution in [3.8, 4) is 11.5 Å². The molecule has 0 N–H and O–H groups in total. The minimum atomic E-state index is -0.300. The first-order chi connectivity index (χ1) is 16.4. The van der Waals surface area contributed by atoms with Crippen molar-refractivity contribution < 1.29 is 19.1 Å². The smallest absolute Gasteiger partial charge is 0.293 e. The summed E-state index contributed by atoms with van der Waals surface area (Å²) in [7, 11) is 0. The summed E-state index contributed by atoms with van der Waals surface area (Å²) in [6.07, 6.45) is 1.71. The van der Waals surface area contributed by atoms with Gasteiger partial charge in [-0.2, -0.15) is 0 Å². The fourth-order valence-electron chi connectivity index (χ4n) is 3.33. The largest absolute Gasteiger partial charge is 0.490 e. The molecule has 0 atom stereocenters. The van der Waals surface area contributed by atoms with Crippen molar-refractivity contribution in [3.63, 3.8) is 0 Å². The van der Waals surface area contributed by atoms with E-state index in [9.17, 15) is 9.59 Å². The van der Waals surface area contributed by atoms with E-state index in [4.69, 9.17) is 21.1 Å². The summed E-state index contributed by atoms with van der Waals surface area (Å²) in [5.41, 5.74) is 2.52. The molecule has 1 saturated heterocycles. The monoisotopic (exact) mass is 605 g/mol. The maximum absolute atomic E-state index is 12.9. The van der Waals surface area contributed by atoms with Crippen molar-refractivity contribution in [2.24, 2.45) is 0 Å². The van der Waals surface area contributed by atoms with Crippen LogP contribution in [0, 0.1) is 3.57 Å². The summed E-state index contributed by atoms with van der Waals surface area (Å²) >= 11 is 9.38. The van der Waals surface area contributed by atoms with Gasteiger partial charge in [0, 0.05) is 14.2 Å². The number of amides is 2. The van der Waals surface area contributed by atoms with Crippen LogP contribution in [0.15, 0.2) is 71.6 Å². The number of rotatable bonds is 8. The third kappa shape index (κ3) is 5.95. The van der Waals surface area contributed by atoms with Gasteiger partial charge in [-0.25, -0.2) is 0 Å². The van der Waals surface area contributed by atoms with Crippen LogP contribution in [0.25, 0.3) is 6.08 Å². The van der Waals surface area contributed by atoms with E-state index in [1.807, 2.05) is 61.5 Å². The summed E-state index contributed by atoms with van der Waals surface area (Å²) in [4.78, 5) is 27.0. The quantitative estimate of drug-likeness (QED) is 0.202. The lowest BCUT2D eigenvalue weighted by Gasteiger charge is -2.13. The van der Waals surface area contributed by atoms with Crippen LogP contribution in [0.2, 0.25) is 5.02 Å². The van der Waals surface area contributed by atoms with Gasteiger partial charge in [-0.3, -0.25) is 14.5 Å². The lowest BCUT2D eigenvalue weighted by Crippen LogP contribution is -2.27. The van der Waals surface area contributed by atoms with E-state index in [-0.39, 0.29) is 17.7 Å². The molecule has 1 heterocycles. The van der Waals surface area contributed by atoms with Crippen molar-refractivity contribution >= 4 is 63.2 Å². The number of ether oxygens (including phenoxy) is 2. The molecule has 1 aliphatic rings. The molecular formula is C26H21ClINO4S. The Morgan fingerprint density at radius 2 is 1.76 bits per heavy atom. The Kier molecular flexibility index (Phi) is 8.18. The average molecular weight is 606 g/mol. The number of thioether (sulfide) groups is 1. The van der Waals surface area contributed by atoms with E-state index in [2.05, 4.69) is 22.6 Å². The van der Waals surface area contributed by atoms with E-state index in [1.165, 1.54) is 4.90 Å². The number of nitrogens with zero attached hydrogens (tertiary/aromatic N) is 1. The van der Waals surface area contributed by atoms with Crippen LogP contribution < -0.4 is 9.47 Å². The summed E-state index contributed by atoms with van der Waals surface area (Å²) < 4.78 is 12.8. The van der Waals surface area contributed by atoms with E-state index >= 15 is 0 Å². The zero-order valence-electron chi connectivity index (χ0n) is 18.3. The van der Waals surface area contributed by atoms with E-state index in [0.717, 1.165) is 32.0 Å². The van der Waals surface area contributed by atoms with Gasteiger partial charge in [0.15, 0.2) is 11.5 Å². The van der Waals surface area contributed by atoms with Crippen LogP contribution in [0.1, 0.15) is 23.6 Å². The van der Waals surface area contributed by atoms with E-state index in [1.54, 1.807) is 18.2 Å². The van der Waals surface area contributed by atoms with Gasteiger partial charge in [0.25, 0.3) is 11.1 Å². The SMILES string of the molecule is CCOc1cc(/C=C2\SC(=O)N(Cc3ccc(I)cc3)C2=O)ccc1OCc1ccccc1Cl. The molecule has 0 aromatic heterocycles. The summed E-state index contributed by atoms with van der Waals surface area (Å²) in [6.45, 7) is 2.90. The second-order valence-corrected chi connectivity index (χ2v) is 10.1. The Morgan fingerprint density at radius 1 is 1.00 bits per heavy atom. The summed E-state index contributed by atoms with van der Waals surface area (Å²) in [5.74, 6) is 0.831. The highest BCUT2D eigenvalue weighted by Crippen LogP contribution is 2.36. The Balaban J connectivity index is 1.51. The van der Waals surface area contributed by atoms with E-state index in [0.29, 0.717) is 34.6 Å². The number of carbonyl (C=O) groups excluding carboxylic acids is 2. The molecule has 34 heavy (non-hydrogen) atoms.